The summed E-state index contributed by atoms with van der Waals surface area (Å²) >= 11 is 0. The zero-order valence-corrected chi connectivity index (χ0v) is 11.1. The summed E-state index contributed by atoms with van der Waals surface area (Å²) in [5.74, 6) is 1.14. The molecule has 1 aromatic carbocycles. The molecule has 0 atom stereocenters. The number of fused-ring (bicyclic) bond motifs is 1. The lowest BCUT2D eigenvalue weighted by Crippen LogP contribution is -2.23. The number of rotatable bonds is 2. The number of aryl methyl sites for hydroxylation is 1. The highest BCUT2D eigenvalue weighted by Gasteiger charge is 2.20. The standard InChI is InChI=1S/C14H21N3/c1-5-13-16-11-8-10(9-15)6-7-12(11)17(13)14(2,3)4/h6-8H,5,9,15H2,1-4H3. The first-order valence-corrected chi connectivity index (χ1v) is 6.18. The Bertz CT molecular complexity index is 532. The van der Waals surface area contributed by atoms with Crippen molar-refractivity contribution in [3.63, 3.8) is 0 Å². The SMILES string of the molecule is CCc1nc2cc(CN)ccc2n1C(C)(C)C. The number of imidazole rings is 1. The first-order chi connectivity index (χ1) is 7.97. The lowest BCUT2D eigenvalue weighted by molar-refractivity contribution is 0.395. The van der Waals surface area contributed by atoms with Crippen LogP contribution in [0.15, 0.2) is 18.2 Å². The molecule has 17 heavy (non-hydrogen) atoms. The van der Waals surface area contributed by atoms with Crippen LogP contribution in [0, 0.1) is 0 Å². The predicted molar refractivity (Wildman–Crippen MR) is 72.0 cm³/mol. The van der Waals surface area contributed by atoms with Crippen LogP contribution in [-0.4, -0.2) is 9.55 Å². The van der Waals surface area contributed by atoms with E-state index in [0.29, 0.717) is 6.54 Å². The van der Waals surface area contributed by atoms with E-state index in [4.69, 9.17) is 10.7 Å². The molecule has 0 amide bonds. The monoisotopic (exact) mass is 231 g/mol. The number of hydrogen-bond donors (Lipinski definition) is 1. The molecule has 1 heterocycles. The van der Waals surface area contributed by atoms with Gasteiger partial charge in [-0.15, -0.1) is 0 Å². The Morgan fingerprint density at radius 3 is 2.53 bits per heavy atom. The lowest BCUT2D eigenvalue weighted by Gasteiger charge is -2.24. The van der Waals surface area contributed by atoms with E-state index in [2.05, 4.69) is 50.5 Å². The first kappa shape index (κ1) is 12.1. The number of benzene rings is 1. The lowest BCUT2D eigenvalue weighted by atomic mass is 10.1. The molecule has 2 N–H and O–H groups in total. The van der Waals surface area contributed by atoms with Crippen LogP contribution in [0.1, 0.15) is 39.1 Å². The molecule has 0 unspecified atom stereocenters. The van der Waals surface area contributed by atoms with Crippen molar-refractivity contribution in [1.29, 1.82) is 0 Å². The highest BCUT2D eigenvalue weighted by Crippen LogP contribution is 2.26. The highest BCUT2D eigenvalue weighted by molar-refractivity contribution is 5.77. The van der Waals surface area contributed by atoms with Crippen LogP contribution in [0.3, 0.4) is 0 Å². The highest BCUT2D eigenvalue weighted by atomic mass is 15.1. The van der Waals surface area contributed by atoms with Gasteiger partial charge in [0.2, 0.25) is 0 Å². The van der Waals surface area contributed by atoms with Crippen molar-refractivity contribution >= 4 is 11.0 Å². The largest absolute Gasteiger partial charge is 0.326 e. The van der Waals surface area contributed by atoms with Gasteiger partial charge in [0, 0.05) is 18.5 Å². The maximum Gasteiger partial charge on any atom is 0.110 e. The number of nitrogens with two attached hydrogens (primary N) is 1. The van der Waals surface area contributed by atoms with Crippen molar-refractivity contribution < 1.29 is 0 Å². The predicted octanol–water partition coefficient (Wildman–Crippen LogP) is 2.81. The van der Waals surface area contributed by atoms with Crippen LogP contribution in [0.5, 0.6) is 0 Å². The fraction of sp³-hybridized carbons (Fsp3) is 0.500. The van der Waals surface area contributed by atoms with Crippen LogP contribution >= 0.6 is 0 Å². The summed E-state index contributed by atoms with van der Waals surface area (Å²) in [7, 11) is 0. The van der Waals surface area contributed by atoms with Gasteiger partial charge >= 0.3 is 0 Å². The van der Waals surface area contributed by atoms with E-state index in [-0.39, 0.29) is 5.54 Å². The van der Waals surface area contributed by atoms with Gasteiger partial charge in [-0.1, -0.05) is 13.0 Å². The molecule has 0 aliphatic rings. The van der Waals surface area contributed by atoms with Gasteiger partial charge in [-0.2, -0.15) is 0 Å². The Hall–Kier alpha value is -1.35. The summed E-state index contributed by atoms with van der Waals surface area (Å²) in [5.41, 5.74) is 9.12. The van der Waals surface area contributed by atoms with Crippen LogP contribution in [-0.2, 0) is 18.5 Å². The Morgan fingerprint density at radius 2 is 2.00 bits per heavy atom. The van der Waals surface area contributed by atoms with Crippen molar-refractivity contribution in [3.8, 4) is 0 Å². The van der Waals surface area contributed by atoms with Gasteiger partial charge < -0.3 is 10.3 Å². The Balaban J connectivity index is 2.73. The van der Waals surface area contributed by atoms with Gasteiger partial charge in [0.1, 0.15) is 5.82 Å². The van der Waals surface area contributed by atoms with E-state index in [9.17, 15) is 0 Å². The number of nitrogens with zero attached hydrogens (tertiary/aromatic N) is 2. The molecule has 1 aromatic heterocycles. The summed E-state index contributed by atoms with van der Waals surface area (Å²) in [5, 5.41) is 0. The topological polar surface area (TPSA) is 43.8 Å². The molecule has 2 rings (SSSR count). The minimum Gasteiger partial charge on any atom is -0.326 e. The normalized spacial score (nSPS) is 12.3. The van der Waals surface area contributed by atoms with Gasteiger partial charge in [-0.25, -0.2) is 4.98 Å². The molecule has 0 aliphatic carbocycles. The average molecular weight is 231 g/mol. The van der Waals surface area contributed by atoms with Gasteiger partial charge in [0.05, 0.1) is 11.0 Å². The zero-order chi connectivity index (χ0) is 12.6. The average Bonchev–Trinajstić information content (AvgIpc) is 2.65. The van der Waals surface area contributed by atoms with Gasteiger partial charge in [-0.3, -0.25) is 0 Å². The van der Waals surface area contributed by atoms with Crippen molar-refractivity contribution in [2.24, 2.45) is 5.73 Å². The fourth-order valence-corrected chi connectivity index (χ4v) is 2.29. The summed E-state index contributed by atoms with van der Waals surface area (Å²) in [4.78, 5) is 4.71. The Morgan fingerprint density at radius 1 is 1.29 bits per heavy atom. The van der Waals surface area contributed by atoms with E-state index in [0.717, 1.165) is 23.3 Å². The molecular weight excluding hydrogens is 210 g/mol. The van der Waals surface area contributed by atoms with E-state index in [1.807, 2.05) is 0 Å². The first-order valence-electron chi connectivity index (χ1n) is 6.18. The third-order valence-electron chi connectivity index (χ3n) is 3.01. The second-order valence-electron chi connectivity index (χ2n) is 5.42. The van der Waals surface area contributed by atoms with Crippen LogP contribution in [0.4, 0.5) is 0 Å². The molecule has 3 heteroatoms. The van der Waals surface area contributed by atoms with E-state index >= 15 is 0 Å². The van der Waals surface area contributed by atoms with Crippen molar-refractivity contribution in [3.05, 3.63) is 29.6 Å². The summed E-state index contributed by atoms with van der Waals surface area (Å²) in [6.07, 6.45) is 0.948. The molecule has 0 aliphatic heterocycles. The molecule has 0 saturated heterocycles. The van der Waals surface area contributed by atoms with Crippen LogP contribution in [0.25, 0.3) is 11.0 Å². The number of hydrogen-bond acceptors (Lipinski definition) is 2. The second-order valence-corrected chi connectivity index (χ2v) is 5.42. The van der Waals surface area contributed by atoms with Gasteiger partial charge in [0.25, 0.3) is 0 Å². The van der Waals surface area contributed by atoms with Gasteiger partial charge in [0.15, 0.2) is 0 Å². The Labute approximate surface area is 103 Å². The van der Waals surface area contributed by atoms with E-state index in [1.165, 1.54) is 5.52 Å². The maximum absolute atomic E-state index is 5.67. The molecular formula is C14H21N3. The second kappa shape index (κ2) is 4.15. The molecule has 0 saturated carbocycles. The molecule has 0 radical (unpaired) electrons. The van der Waals surface area contributed by atoms with Crippen LogP contribution in [0.2, 0.25) is 0 Å². The van der Waals surface area contributed by atoms with Gasteiger partial charge in [-0.05, 0) is 38.5 Å². The molecule has 0 fully saturated rings. The molecule has 92 valence electrons. The summed E-state index contributed by atoms with van der Waals surface area (Å²) in [6.45, 7) is 9.35. The zero-order valence-electron chi connectivity index (χ0n) is 11.1. The fourth-order valence-electron chi connectivity index (χ4n) is 2.29. The number of aromatic nitrogens is 2. The summed E-state index contributed by atoms with van der Waals surface area (Å²) in [6, 6.07) is 6.32. The van der Waals surface area contributed by atoms with Crippen molar-refractivity contribution in [1.82, 2.24) is 9.55 Å². The van der Waals surface area contributed by atoms with Crippen molar-refractivity contribution in [2.45, 2.75) is 46.2 Å². The third-order valence-corrected chi connectivity index (χ3v) is 3.01. The molecule has 0 bridgehead atoms. The van der Waals surface area contributed by atoms with Crippen molar-refractivity contribution in [2.75, 3.05) is 0 Å². The molecule has 0 spiro atoms. The smallest absolute Gasteiger partial charge is 0.110 e. The minimum atomic E-state index is 0.0598. The van der Waals surface area contributed by atoms with E-state index in [1.54, 1.807) is 0 Å². The van der Waals surface area contributed by atoms with E-state index < -0.39 is 0 Å². The third kappa shape index (κ3) is 2.07. The molecule has 3 nitrogen and oxygen atoms in total. The quantitative estimate of drug-likeness (QED) is 0.863. The van der Waals surface area contributed by atoms with Crippen LogP contribution < -0.4 is 5.73 Å². The maximum atomic E-state index is 5.67. The minimum absolute atomic E-state index is 0.0598. The summed E-state index contributed by atoms with van der Waals surface area (Å²) < 4.78 is 2.32. The molecule has 2 aromatic rings. The Kier molecular flexibility index (Phi) is 2.96.